The molecule has 0 saturated carbocycles. The molecule has 0 bridgehead atoms. The maximum absolute atomic E-state index is 13.0. The fraction of sp³-hybridized carbons (Fsp3) is 0.280. The number of nitrogens with one attached hydrogen (secondary N) is 1. The van der Waals surface area contributed by atoms with Gasteiger partial charge in [0, 0.05) is 41.1 Å². The van der Waals surface area contributed by atoms with Crippen LogP contribution in [0.25, 0.3) is 21.5 Å². The minimum absolute atomic E-state index is 0.0358. The van der Waals surface area contributed by atoms with Crippen LogP contribution in [0.1, 0.15) is 40.4 Å². The van der Waals surface area contributed by atoms with Crippen molar-refractivity contribution in [2.75, 3.05) is 20.2 Å². The first-order chi connectivity index (χ1) is 15.1. The zero-order valence-electron chi connectivity index (χ0n) is 17.7. The quantitative estimate of drug-likeness (QED) is 0.456. The van der Waals surface area contributed by atoms with Gasteiger partial charge in [-0.25, -0.2) is 4.98 Å². The van der Waals surface area contributed by atoms with Gasteiger partial charge in [-0.3, -0.25) is 4.79 Å². The van der Waals surface area contributed by atoms with E-state index in [9.17, 15) is 4.79 Å². The van der Waals surface area contributed by atoms with Gasteiger partial charge in [0.1, 0.15) is 16.5 Å². The lowest BCUT2D eigenvalue weighted by atomic mass is 9.89. The van der Waals surface area contributed by atoms with Gasteiger partial charge < -0.3 is 14.6 Å². The number of thiazole rings is 1. The summed E-state index contributed by atoms with van der Waals surface area (Å²) in [6, 6.07) is 14.4. The number of aryl methyl sites for hydroxylation is 1. The van der Waals surface area contributed by atoms with Crippen LogP contribution in [0.3, 0.4) is 0 Å². The molecule has 1 fully saturated rings. The SMILES string of the molecule is COc1ccc2[nH]cc(C3CCN(C(=O)c4csc(-c5ccc(C)cc5)n4)CC3)c2c1. The number of amides is 1. The van der Waals surface area contributed by atoms with Crippen LogP contribution in [-0.4, -0.2) is 41.0 Å². The molecule has 2 aromatic heterocycles. The molecular formula is C25H25N3O2S. The van der Waals surface area contributed by atoms with Gasteiger partial charge in [-0.05, 0) is 49.4 Å². The van der Waals surface area contributed by atoms with Gasteiger partial charge in [0.25, 0.3) is 5.91 Å². The van der Waals surface area contributed by atoms with E-state index < -0.39 is 0 Å². The number of hydrogen-bond acceptors (Lipinski definition) is 4. The molecular weight excluding hydrogens is 406 g/mol. The number of aromatic amines is 1. The van der Waals surface area contributed by atoms with Gasteiger partial charge in [-0.2, -0.15) is 0 Å². The van der Waals surface area contributed by atoms with Crippen LogP contribution in [0.15, 0.2) is 54.0 Å². The summed E-state index contributed by atoms with van der Waals surface area (Å²) in [6.07, 6.45) is 4.01. The minimum atomic E-state index is 0.0358. The summed E-state index contributed by atoms with van der Waals surface area (Å²) >= 11 is 1.53. The Morgan fingerprint density at radius 2 is 1.94 bits per heavy atom. The highest BCUT2D eigenvalue weighted by atomic mass is 32.1. The van der Waals surface area contributed by atoms with E-state index in [2.05, 4.69) is 59.5 Å². The zero-order valence-corrected chi connectivity index (χ0v) is 18.5. The van der Waals surface area contributed by atoms with E-state index in [1.165, 1.54) is 27.8 Å². The first kappa shape index (κ1) is 19.8. The highest BCUT2D eigenvalue weighted by molar-refractivity contribution is 7.13. The molecule has 5 nitrogen and oxygen atoms in total. The van der Waals surface area contributed by atoms with E-state index in [0.717, 1.165) is 47.8 Å². The number of carbonyl (C=O) groups is 1. The molecule has 0 atom stereocenters. The average Bonchev–Trinajstić information content (AvgIpc) is 3.46. The van der Waals surface area contributed by atoms with Gasteiger partial charge in [-0.1, -0.05) is 29.8 Å². The molecule has 2 aromatic carbocycles. The average molecular weight is 432 g/mol. The monoisotopic (exact) mass is 431 g/mol. The number of aromatic nitrogens is 2. The maximum atomic E-state index is 13.0. The predicted molar refractivity (Wildman–Crippen MR) is 125 cm³/mol. The number of hydrogen-bond donors (Lipinski definition) is 1. The van der Waals surface area contributed by atoms with Gasteiger partial charge in [-0.15, -0.1) is 11.3 Å². The van der Waals surface area contributed by atoms with Crippen molar-refractivity contribution >= 4 is 28.1 Å². The lowest BCUT2D eigenvalue weighted by Gasteiger charge is -2.31. The van der Waals surface area contributed by atoms with E-state index >= 15 is 0 Å². The van der Waals surface area contributed by atoms with Gasteiger partial charge in [0.2, 0.25) is 0 Å². The summed E-state index contributed by atoms with van der Waals surface area (Å²) in [5.41, 5.74) is 5.27. The Morgan fingerprint density at radius 3 is 2.68 bits per heavy atom. The van der Waals surface area contributed by atoms with Gasteiger partial charge >= 0.3 is 0 Å². The second kappa shape index (κ2) is 8.19. The van der Waals surface area contributed by atoms with E-state index in [4.69, 9.17) is 4.74 Å². The fourth-order valence-electron chi connectivity index (χ4n) is 4.34. The lowest BCUT2D eigenvalue weighted by Crippen LogP contribution is -2.38. The van der Waals surface area contributed by atoms with Crippen molar-refractivity contribution in [1.29, 1.82) is 0 Å². The molecule has 0 radical (unpaired) electrons. The van der Waals surface area contributed by atoms with Crippen LogP contribution < -0.4 is 4.74 Å². The van der Waals surface area contributed by atoms with Crippen molar-refractivity contribution in [1.82, 2.24) is 14.9 Å². The number of benzene rings is 2. The Labute approximate surface area is 185 Å². The molecule has 4 aromatic rings. The number of methoxy groups -OCH3 is 1. The molecule has 1 amide bonds. The Kier molecular flexibility index (Phi) is 5.24. The lowest BCUT2D eigenvalue weighted by molar-refractivity contribution is 0.0708. The van der Waals surface area contributed by atoms with E-state index in [1.54, 1.807) is 7.11 Å². The Balaban J connectivity index is 1.28. The van der Waals surface area contributed by atoms with Gasteiger partial charge in [0.05, 0.1) is 7.11 Å². The van der Waals surface area contributed by atoms with Crippen molar-refractivity contribution in [3.63, 3.8) is 0 Å². The molecule has 5 rings (SSSR count). The molecule has 31 heavy (non-hydrogen) atoms. The molecule has 6 heteroatoms. The van der Waals surface area contributed by atoms with E-state index in [1.807, 2.05) is 16.3 Å². The highest BCUT2D eigenvalue weighted by Gasteiger charge is 2.27. The molecule has 3 heterocycles. The zero-order chi connectivity index (χ0) is 21.4. The number of ether oxygens (including phenoxy) is 1. The highest BCUT2D eigenvalue weighted by Crippen LogP contribution is 2.35. The number of piperidine rings is 1. The smallest absolute Gasteiger partial charge is 0.273 e. The maximum Gasteiger partial charge on any atom is 0.273 e. The molecule has 1 N–H and O–H groups in total. The number of nitrogens with zero attached hydrogens (tertiary/aromatic N) is 2. The van der Waals surface area contributed by atoms with Crippen LogP contribution in [0.2, 0.25) is 0 Å². The van der Waals surface area contributed by atoms with Crippen LogP contribution in [0.5, 0.6) is 5.75 Å². The first-order valence-electron chi connectivity index (χ1n) is 10.6. The van der Waals surface area contributed by atoms with Gasteiger partial charge in [0.15, 0.2) is 0 Å². The fourth-order valence-corrected chi connectivity index (χ4v) is 5.14. The number of likely N-dealkylation sites (tertiary alicyclic amines) is 1. The number of H-pyrrole nitrogens is 1. The number of fused-ring (bicyclic) bond motifs is 1. The number of rotatable bonds is 4. The Hall–Kier alpha value is -3.12. The third-order valence-corrected chi connectivity index (χ3v) is 7.06. The van der Waals surface area contributed by atoms with Crippen LogP contribution in [0, 0.1) is 6.92 Å². The van der Waals surface area contributed by atoms with Crippen molar-refractivity contribution < 1.29 is 9.53 Å². The first-order valence-corrected chi connectivity index (χ1v) is 11.5. The predicted octanol–water partition coefficient (Wildman–Crippen LogP) is 5.63. The summed E-state index contributed by atoms with van der Waals surface area (Å²) in [7, 11) is 1.69. The second-order valence-electron chi connectivity index (χ2n) is 8.13. The van der Waals surface area contributed by atoms with E-state index in [-0.39, 0.29) is 5.91 Å². The van der Waals surface area contributed by atoms with Crippen LogP contribution >= 0.6 is 11.3 Å². The summed E-state index contributed by atoms with van der Waals surface area (Å²) < 4.78 is 5.40. The Bertz CT molecular complexity index is 1220. The molecule has 0 aliphatic carbocycles. The second-order valence-corrected chi connectivity index (χ2v) is 8.98. The minimum Gasteiger partial charge on any atom is -0.497 e. The molecule has 1 aliphatic rings. The molecule has 158 valence electrons. The van der Waals surface area contributed by atoms with Crippen molar-refractivity contribution in [3.05, 3.63) is 70.9 Å². The van der Waals surface area contributed by atoms with Crippen molar-refractivity contribution in [2.45, 2.75) is 25.7 Å². The summed E-state index contributed by atoms with van der Waals surface area (Å²) in [4.78, 5) is 23.0. The van der Waals surface area contributed by atoms with Crippen molar-refractivity contribution in [2.24, 2.45) is 0 Å². The van der Waals surface area contributed by atoms with E-state index in [0.29, 0.717) is 11.6 Å². The summed E-state index contributed by atoms with van der Waals surface area (Å²) in [5, 5.41) is 3.99. The molecule has 1 saturated heterocycles. The molecule has 0 unspecified atom stereocenters. The molecule has 1 aliphatic heterocycles. The van der Waals surface area contributed by atoms with Crippen molar-refractivity contribution in [3.8, 4) is 16.3 Å². The largest absolute Gasteiger partial charge is 0.497 e. The van der Waals surface area contributed by atoms with Crippen LogP contribution in [-0.2, 0) is 0 Å². The van der Waals surface area contributed by atoms with Crippen LogP contribution in [0.4, 0.5) is 0 Å². The topological polar surface area (TPSA) is 58.2 Å². The third kappa shape index (κ3) is 3.83. The molecule has 0 spiro atoms. The standard InChI is InChI=1S/C25H25N3O2S/c1-16-3-5-18(6-4-16)24-27-23(15-31-24)25(29)28-11-9-17(10-12-28)21-14-26-22-8-7-19(30-2)13-20(21)22/h3-8,13-15,17,26H,9-12H2,1-2H3. The normalized spacial score (nSPS) is 14.8. The number of carbonyl (C=O) groups excluding carboxylic acids is 1. The summed E-state index contributed by atoms with van der Waals surface area (Å²) in [5.74, 6) is 1.34. The Morgan fingerprint density at radius 1 is 1.16 bits per heavy atom. The summed E-state index contributed by atoms with van der Waals surface area (Å²) in [6.45, 7) is 3.56. The third-order valence-electron chi connectivity index (χ3n) is 6.16.